The van der Waals surface area contributed by atoms with Crippen molar-refractivity contribution in [1.29, 1.82) is 0 Å². The minimum absolute atomic E-state index is 0.298. The Morgan fingerprint density at radius 3 is 2.48 bits per heavy atom. The Bertz CT molecular complexity index is 660. The Balaban J connectivity index is 0.000000491. The smallest absolute Gasteiger partial charge is 0.291 e. The monoisotopic (exact) mass is 458 g/mol. The summed E-state index contributed by atoms with van der Waals surface area (Å²) in [4.78, 5) is 12.2. The van der Waals surface area contributed by atoms with Crippen molar-refractivity contribution in [2.45, 2.75) is 0 Å². The fourth-order valence-corrected chi connectivity index (χ4v) is 2.99. The van der Waals surface area contributed by atoms with E-state index in [2.05, 4.69) is 41.9 Å². The van der Waals surface area contributed by atoms with E-state index in [1.807, 2.05) is 18.2 Å². The van der Waals surface area contributed by atoms with Gasteiger partial charge in [0, 0.05) is 14.5 Å². The highest BCUT2D eigenvalue weighted by Crippen LogP contribution is 2.34. The predicted octanol–water partition coefficient (Wildman–Crippen LogP) is 4.22. The lowest BCUT2D eigenvalue weighted by molar-refractivity contribution is -0.742. The van der Waals surface area contributed by atoms with Crippen molar-refractivity contribution in [3.8, 4) is 0 Å². The number of hydrogen-bond acceptors (Lipinski definition) is 4. The van der Waals surface area contributed by atoms with Crippen molar-refractivity contribution in [2.24, 2.45) is 0 Å². The van der Waals surface area contributed by atoms with Crippen LogP contribution in [0, 0.1) is 10.1 Å². The number of rotatable bonds is 2. The van der Waals surface area contributed by atoms with Gasteiger partial charge in [0.05, 0.1) is 5.03 Å². The topological polar surface area (TPSA) is 94.1 Å². The van der Waals surface area contributed by atoms with E-state index in [0.29, 0.717) is 10.2 Å². The summed E-state index contributed by atoms with van der Waals surface area (Å²) in [6.07, 6.45) is 2.88. The molecule has 0 radical (unpaired) electrons. The summed E-state index contributed by atoms with van der Waals surface area (Å²) in [6, 6.07) is 5.63. The van der Waals surface area contributed by atoms with Crippen molar-refractivity contribution in [3.63, 3.8) is 0 Å². The van der Waals surface area contributed by atoms with Gasteiger partial charge in [-0.15, -0.1) is 10.1 Å². The average Bonchev–Trinajstić information content (AvgIpc) is 2.90. The number of hydrogen-bond donors (Lipinski definition) is 1. The van der Waals surface area contributed by atoms with E-state index in [1.165, 1.54) is 17.3 Å². The zero-order valence-corrected chi connectivity index (χ0v) is 14.6. The van der Waals surface area contributed by atoms with Crippen LogP contribution in [0.5, 0.6) is 0 Å². The van der Waals surface area contributed by atoms with Crippen LogP contribution in [0.1, 0.15) is 5.56 Å². The maximum absolute atomic E-state index is 8.36. The van der Waals surface area contributed by atoms with Gasteiger partial charge in [0.2, 0.25) is 0 Å². The third-order valence-electron chi connectivity index (χ3n) is 1.97. The lowest BCUT2D eigenvalue weighted by Gasteiger charge is -2.06. The number of halogens is 4. The summed E-state index contributed by atoms with van der Waals surface area (Å²) in [5, 5.41) is 18.3. The van der Waals surface area contributed by atoms with Gasteiger partial charge in [-0.05, 0) is 12.1 Å². The molecule has 0 unspecified atom stereocenters. The van der Waals surface area contributed by atoms with E-state index in [-0.39, 0.29) is 0 Å². The number of benzene rings is 1. The van der Waals surface area contributed by atoms with E-state index < -0.39 is 5.09 Å². The van der Waals surface area contributed by atoms with Crippen LogP contribution in [-0.4, -0.2) is 25.1 Å². The highest BCUT2D eigenvalue weighted by Gasteiger charge is 2.11. The van der Waals surface area contributed by atoms with Gasteiger partial charge in [-0.25, -0.2) is 9.67 Å². The molecule has 21 heavy (non-hydrogen) atoms. The lowest BCUT2D eigenvalue weighted by atomic mass is 10.2. The molecule has 112 valence electrons. The molecule has 1 aromatic carbocycles. The van der Waals surface area contributed by atoms with E-state index in [4.69, 9.17) is 38.5 Å². The third-order valence-corrected chi connectivity index (χ3v) is 3.96. The summed E-state index contributed by atoms with van der Waals surface area (Å²) in [5.41, 5.74) is 0.787. The standard InChI is InChI=1S/C10H5Br2Cl2N3.HNO3/c11-6-1-2-7(8(12)3-6)9(13)10(14)17-5-15-4-16-17;2-1(3)4/h1-5H;(H,2,3,4)/b10-9-;. The number of nitrogens with zero attached hydrogens (tertiary/aromatic N) is 4. The molecule has 0 saturated heterocycles. The summed E-state index contributed by atoms with van der Waals surface area (Å²) in [6.45, 7) is 0. The molecule has 0 spiro atoms. The molecule has 0 atom stereocenters. The molecule has 0 saturated carbocycles. The van der Waals surface area contributed by atoms with Gasteiger partial charge in [-0.1, -0.05) is 61.1 Å². The van der Waals surface area contributed by atoms with Crippen molar-refractivity contribution < 1.29 is 10.3 Å². The number of aromatic nitrogens is 3. The van der Waals surface area contributed by atoms with E-state index in [0.717, 1.165) is 14.5 Å². The Hall–Kier alpha value is -1.16. The largest absolute Gasteiger partial charge is 0.328 e. The van der Waals surface area contributed by atoms with Gasteiger partial charge in [-0.3, -0.25) is 0 Å². The molecular formula is C10H6Br2Cl2N4O3. The van der Waals surface area contributed by atoms with Crippen LogP contribution < -0.4 is 0 Å². The van der Waals surface area contributed by atoms with Gasteiger partial charge in [0.1, 0.15) is 12.7 Å². The maximum atomic E-state index is 8.36. The minimum atomic E-state index is -1.50. The van der Waals surface area contributed by atoms with Crippen LogP contribution in [0.4, 0.5) is 0 Å². The molecule has 0 amide bonds. The van der Waals surface area contributed by atoms with Crippen molar-refractivity contribution in [3.05, 3.63) is 55.5 Å². The fraction of sp³-hybridized carbons (Fsp3) is 0. The summed E-state index contributed by atoms with van der Waals surface area (Å²) in [5.74, 6) is 0. The van der Waals surface area contributed by atoms with Gasteiger partial charge in [0.15, 0.2) is 5.16 Å². The minimum Gasteiger partial charge on any atom is -0.328 e. The Morgan fingerprint density at radius 2 is 2.00 bits per heavy atom. The van der Waals surface area contributed by atoms with Crippen LogP contribution in [0.25, 0.3) is 10.2 Å². The van der Waals surface area contributed by atoms with Gasteiger partial charge in [0.25, 0.3) is 5.09 Å². The van der Waals surface area contributed by atoms with Crippen LogP contribution in [0.15, 0.2) is 39.8 Å². The molecule has 0 fully saturated rings. The van der Waals surface area contributed by atoms with Crippen LogP contribution in [-0.2, 0) is 0 Å². The summed E-state index contributed by atoms with van der Waals surface area (Å²) < 4.78 is 3.20. The summed E-state index contributed by atoms with van der Waals surface area (Å²) >= 11 is 19.1. The third kappa shape index (κ3) is 5.62. The molecule has 0 aliphatic carbocycles. The first kappa shape index (κ1) is 17.9. The van der Waals surface area contributed by atoms with E-state index in [9.17, 15) is 0 Å². The Morgan fingerprint density at radius 1 is 1.38 bits per heavy atom. The first-order valence-electron chi connectivity index (χ1n) is 5.02. The highest BCUT2D eigenvalue weighted by molar-refractivity contribution is 9.11. The van der Waals surface area contributed by atoms with Crippen molar-refractivity contribution >= 4 is 65.3 Å². The maximum Gasteiger partial charge on any atom is 0.291 e. The first-order chi connectivity index (χ1) is 9.82. The highest BCUT2D eigenvalue weighted by atomic mass is 79.9. The van der Waals surface area contributed by atoms with Gasteiger partial charge >= 0.3 is 0 Å². The molecule has 2 aromatic rings. The molecule has 1 aromatic heterocycles. The summed E-state index contributed by atoms with van der Waals surface area (Å²) in [7, 11) is 0. The molecular weight excluding hydrogens is 455 g/mol. The second kappa shape index (κ2) is 8.32. The Kier molecular flexibility index (Phi) is 7.09. The molecule has 0 aliphatic heterocycles. The van der Waals surface area contributed by atoms with Crippen molar-refractivity contribution in [1.82, 2.24) is 14.8 Å². The SMILES string of the molecule is Cl/C(=C(/Cl)n1cncn1)c1ccc(Br)cc1Br.O=[N+]([O-])O. The molecule has 0 bridgehead atoms. The van der Waals surface area contributed by atoms with E-state index >= 15 is 0 Å². The zero-order valence-electron chi connectivity index (χ0n) is 9.95. The van der Waals surface area contributed by atoms with Crippen LogP contribution in [0.3, 0.4) is 0 Å². The van der Waals surface area contributed by atoms with E-state index in [1.54, 1.807) is 0 Å². The predicted molar refractivity (Wildman–Crippen MR) is 85.5 cm³/mol. The molecule has 7 nitrogen and oxygen atoms in total. The van der Waals surface area contributed by atoms with Crippen LogP contribution >= 0.6 is 55.1 Å². The van der Waals surface area contributed by atoms with Crippen LogP contribution in [0.2, 0.25) is 0 Å². The molecule has 0 aliphatic rings. The second-order valence-electron chi connectivity index (χ2n) is 3.31. The van der Waals surface area contributed by atoms with Gasteiger partial charge in [-0.2, -0.15) is 5.10 Å². The first-order valence-corrected chi connectivity index (χ1v) is 7.36. The van der Waals surface area contributed by atoms with Gasteiger partial charge < -0.3 is 5.21 Å². The Labute approximate surface area is 145 Å². The normalized spacial score (nSPS) is 11.2. The average molecular weight is 461 g/mol. The molecule has 11 heteroatoms. The zero-order chi connectivity index (χ0) is 16.0. The quantitative estimate of drug-likeness (QED) is 0.535. The molecule has 1 N–H and O–H groups in total. The fourth-order valence-electron chi connectivity index (χ4n) is 1.19. The molecule has 1 heterocycles. The molecule has 2 rings (SSSR count). The van der Waals surface area contributed by atoms with Crippen molar-refractivity contribution in [2.75, 3.05) is 0 Å². The lowest BCUT2D eigenvalue weighted by Crippen LogP contribution is -1.94. The second-order valence-corrected chi connectivity index (χ2v) is 5.81.